The second-order valence-corrected chi connectivity index (χ2v) is 12.1. The normalized spacial score (nSPS) is 13.1. The van der Waals surface area contributed by atoms with E-state index in [1.165, 1.54) is 0 Å². The summed E-state index contributed by atoms with van der Waals surface area (Å²) in [6, 6.07) is 42.8. The molecule has 2 heterocycles. The highest BCUT2D eigenvalue weighted by Gasteiger charge is 2.23. The largest absolute Gasteiger partial charge is 0.455 e. The van der Waals surface area contributed by atoms with Crippen LogP contribution in [0.15, 0.2) is 160 Å². The maximum absolute atomic E-state index is 9.03. The molecule has 0 spiro atoms. The Morgan fingerprint density at radius 2 is 0.915 bits per heavy atom. The van der Waals surface area contributed by atoms with E-state index in [4.69, 9.17) is 14.3 Å². The summed E-state index contributed by atoms with van der Waals surface area (Å²) in [5, 5.41) is 7.68. The number of hydrogen-bond acceptors (Lipinski definition) is 2. The lowest BCUT2D eigenvalue weighted by atomic mass is 9.84. The van der Waals surface area contributed by atoms with Crippen LogP contribution in [0.3, 0.4) is 0 Å². The summed E-state index contributed by atoms with van der Waals surface area (Å²) in [7, 11) is 0. The molecule has 0 radical (unpaired) electrons. The fourth-order valence-corrected chi connectivity index (χ4v) is 7.40. The van der Waals surface area contributed by atoms with Crippen LogP contribution < -0.4 is 0 Å². The second-order valence-electron chi connectivity index (χ2n) is 12.1. The minimum atomic E-state index is -0.0413. The molecule has 0 N–H and O–H groups in total. The molecule has 8 aromatic carbocycles. The lowest BCUT2D eigenvalue weighted by Crippen LogP contribution is -1.92. The minimum absolute atomic E-state index is 0.0257. The summed E-state index contributed by atoms with van der Waals surface area (Å²) in [6.45, 7) is 1.64. The predicted octanol–water partition coefficient (Wildman–Crippen LogP) is 13.1. The van der Waals surface area contributed by atoms with Gasteiger partial charge in [0.15, 0.2) is 0 Å². The van der Waals surface area contributed by atoms with Crippen molar-refractivity contribution in [1.29, 1.82) is 0 Å². The van der Waals surface area contributed by atoms with Crippen molar-refractivity contribution in [2.45, 2.75) is 6.92 Å². The van der Waals surface area contributed by atoms with Gasteiger partial charge in [0.1, 0.15) is 22.3 Å². The zero-order chi connectivity index (χ0) is 34.5. The number of hydrogen-bond donors (Lipinski definition) is 0. The summed E-state index contributed by atoms with van der Waals surface area (Å²) in [5.41, 5.74) is 8.44. The first-order chi connectivity index (χ1) is 24.9. The van der Waals surface area contributed by atoms with E-state index < -0.39 is 0 Å². The third kappa shape index (κ3) is 3.79. The van der Waals surface area contributed by atoms with Gasteiger partial charge < -0.3 is 8.83 Å². The molecule has 0 fully saturated rings. The Hall–Kier alpha value is -6.12. The highest BCUT2D eigenvalue weighted by atomic mass is 16.3. The van der Waals surface area contributed by atoms with Crippen molar-refractivity contribution in [3.63, 3.8) is 0 Å². The number of para-hydroxylation sites is 3. The van der Waals surface area contributed by atoms with E-state index in [0.717, 1.165) is 87.7 Å². The molecule has 0 aliphatic rings. The fourth-order valence-electron chi connectivity index (χ4n) is 7.40. The van der Waals surface area contributed by atoms with E-state index in [0.29, 0.717) is 16.7 Å². The van der Waals surface area contributed by atoms with E-state index in [9.17, 15) is 0 Å². The van der Waals surface area contributed by atoms with E-state index in [1.807, 2.05) is 72.8 Å². The molecule has 0 bridgehead atoms. The van der Waals surface area contributed by atoms with Gasteiger partial charge in [-0.15, -0.1) is 0 Å². The van der Waals surface area contributed by atoms with Crippen molar-refractivity contribution in [3.8, 4) is 33.4 Å². The van der Waals surface area contributed by atoms with Crippen LogP contribution in [0.4, 0.5) is 0 Å². The van der Waals surface area contributed by atoms with Gasteiger partial charge in [-0.2, -0.15) is 0 Å². The molecule has 0 saturated heterocycles. The molecular formula is C45H28O2. The van der Waals surface area contributed by atoms with Crippen molar-refractivity contribution in [1.82, 2.24) is 0 Å². The zero-order valence-corrected chi connectivity index (χ0v) is 25.4. The van der Waals surface area contributed by atoms with Crippen molar-refractivity contribution >= 4 is 65.4 Å². The summed E-state index contributed by atoms with van der Waals surface area (Å²) in [6.07, 6.45) is 0. The van der Waals surface area contributed by atoms with Gasteiger partial charge in [0.25, 0.3) is 0 Å². The molecule has 0 amide bonds. The van der Waals surface area contributed by atoms with Crippen LogP contribution in [-0.2, 0) is 0 Å². The number of fused-ring (bicyclic) bond motifs is 8. The van der Waals surface area contributed by atoms with Crippen LogP contribution in [0.2, 0.25) is 0 Å². The SMILES string of the molecule is [2H]c1c([2H])c(-c2c3ccccc3c(-c3ccc(-c4cccc5c4oc4ccccc45)c4c3oc3ccccc34)c3ccccc23)c([2H])c([2H])c1C. The van der Waals surface area contributed by atoms with Gasteiger partial charge in [-0.3, -0.25) is 0 Å². The monoisotopic (exact) mass is 604 g/mol. The van der Waals surface area contributed by atoms with Gasteiger partial charge in [0.05, 0.1) is 5.48 Å². The molecule has 0 aliphatic heterocycles. The smallest absolute Gasteiger partial charge is 0.143 e. The topological polar surface area (TPSA) is 26.3 Å². The maximum atomic E-state index is 9.03. The van der Waals surface area contributed by atoms with Crippen LogP contribution in [0, 0.1) is 6.92 Å². The third-order valence-corrected chi connectivity index (χ3v) is 9.42. The maximum Gasteiger partial charge on any atom is 0.143 e. The van der Waals surface area contributed by atoms with Crippen LogP contribution in [-0.4, -0.2) is 0 Å². The van der Waals surface area contributed by atoms with Crippen LogP contribution in [0.5, 0.6) is 0 Å². The molecule has 10 rings (SSSR count). The third-order valence-electron chi connectivity index (χ3n) is 9.42. The molecule has 2 aromatic heterocycles. The lowest BCUT2D eigenvalue weighted by molar-refractivity contribution is 0.669. The average molecular weight is 605 g/mol. The molecule has 2 nitrogen and oxygen atoms in total. The fraction of sp³-hybridized carbons (Fsp3) is 0.0222. The van der Waals surface area contributed by atoms with Crippen molar-refractivity contribution in [2.75, 3.05) is 0 Å². The molecule has 0 aliphatic carbocycles. The Kier molecular flexibility index (Phi) is 4.74. The Balaban J connectivity index is 1.34. The highest BCUT2D eigenvalue weighted by molar-refractivity contribution is 6.26. The van der Waals surface area contributed by atoms with Gasteiger partial charge in [-0.05, 0) is 63.4 Å². The Morgan fingerprint density at radius 3 is 1.60 bits per heavy atom. The summed E-state index contributed by atoms with van der Waals surface area (Å²) in [4.78, 5) is 0. The first-order valence-corrected chi connectivity index (χ1v) is 15.8. The minimum Gasteiger partial charge on any atom is -0.455 e. The van der Waals surface area contributed by atoms with Gasteiger partial charge in [0, 0.05) is 38.2 Å². The van der Waals surface area contributed by atoms with Crippen LogP contribution in [0.25, 0.3) is 98.8 Å². The molecule has 0 unspecified atom stereocenters. The van der Waals surface area contributed by atoms with Crippen LogP contribution in [0.1, 0.15) is 11.0 Å². The number of benzene rings is 8. The quantitative estimate of drug-likeness (QED) is 0.188. The Bertz CT molecular complexity index is 3010. The van der Waals surface area contributed by atoms with Gasteiger partial charge in [-0.25, -0.2) is 0 Å². The number of rotatable bonds is 3. The molecule has 2 heteroatoms. The first kappa shape index (κ1) is 22.4. The van der Waals surface area contributed by atoms with Crippen molar-refractivity contribution in [2.24, 2.45) is 0 Å². The second kappa shape index (κ2) is 9.94. The van der Waals surface area contributed by atoms with Crippen molar-refractivity contribution in [3.05, 3.63) is 157 Å². The van der Waals surface area contributed by atoms with Crippen LogP contribution >= 0.6 is 0 Å². The standard InChI is InChI=1S/C45H28O2/c1-27-21-23-28(24-22-27)41-30-12-2-4-14-32(30)42(33-15-5-3-13-31(33)41)38-26-25-34(43-37-16-7-9-20-40(37)47-45(38)43)36-18-10-17-35-29-11-6-8-19-39(29)46-44(35)36/h2-26H,1H3/i21D,22D,23D,24D. The van der Waals surface area contributed by atoms with Gasteiger partial charge in [-0.1, -0.05) is 139 Å². The Morgan fingerprint density at radius 1 is 0.404 bits per heavy atom. The van der Waals surface area contributed by atoms with E-state index >= 15 is 0 Å². The summed E-state index contributed by atoms with van der Waals surface area (Å²) in [5.74, 6) is 0. The van der Waals surface area contributed by atoms with E-state index in [1.54, 1.807) is 6.92 Å². The van der Waals surface area contributed by atoms with Gasteiger partial charge in [0.2, 0.25) is 0 Å². The average Bonchev–Trinajstić information content (AvgIpc) is 3.75. The van der Waals surface area contributed by atoms with Gasteiger partial charge >= 0.3 is 0 Å². The zero-order valence-electron chi connectivity index (χ0n) is 29.4. The first-order valence-electron chi connectivity index (χ1n) is 17.8. The summed E-state index contributed by atoms with van der Waals surface area (Å²) < 4.78 is 48.8. The lowest BCUT2D eigenvalue weighted by Gasteiger charge is -2.18. The van der Waals surface area contributed by atoms with Crippen molar-refractivity contribution < 1.29 is 14.3 Å². The molecule has 0 atom stereocenters. The Labute approximate surface area is 276 Å². The number of furan rings is 2. The summed E-state index contributed by atoms with van der Waals surface area (Å²) >= 11 is 0. The molecular weight excluding hydrogens is 572 g/mol. The van der Waals surface area contributed by atoms with E-state index in [-0.39, 0.29) is 24.2 Å². The highest BCUT2D eigenvalue weighted by Crippen LogP contribution is 2.49. The van der Waals surface area contributed by atoms with E-state index in [2.05, 4.69) is 54.6 Å². The predicted molar refractivity (Wildman–Crippen MR) is 197 cm³/mol. The molecule has 220 valence electrons. The molecule has 0 saturated carbocycles. The molecule has 10 aromatic rings. The molecule has 47 heavy (non-hydrogen) atoms.